The van der Waals surface area contributed by atoms with Gasteiger partial charge in [-0.1, -0.05) is 12.7 Å². The van der Waals surface area contributed by atoms with Gasteiger partial charge in [0, 0.05) is 34.9 Å². The molecule has 4 heteroatoms. The zero-order valence-electron chi connectivity index (χ0n) is 12.6. The first kappa shape index (κ1) is 14.1. The van der Waals surface area contributed by atoms with Crippen LogP contribution in [-0.4, -0.2) is 14.5 Å². The number of rotatable bonds is 5. The molecule has 0 fully saturated rings. The maximum atomic E-state index is 4.08. The Labute approximate surface area is 129 Å². The van der Waals surface area contributed by atoms with E-state index in [9.17, 15) is 0 Å². The van der Waals surface area contributed by atoms with Crippen LogP contribution in [0, 0.1) is 0 Å². The Balaban J connectivity index is 2.06. The summed E-state index contributed by atoms with van der Waals surface area (Å²) in [6.45, 7) is 10.7. The van der Waals surface area contributed by atoms with Gasteiger partial charge in [-0.3, -0.25) is 0 Å². The van der Waals surface area contributed by atoms with E-state index in [0.29, 0.717) is 0 Å². The van der Waals surface area contributed by atoms with E-state index in [1.807, 2.05) is 13.0 Å². The summed E-state index contributed by atoms with van der Waals surface area (Å²) in [5.41, 5.74) is 5.25. The molecule has 0 saturated carbocycles. The van der Waals surface area contributed by atoms with Gasteiger partial charge in [-0.05, 0) is 30.7 Å². The van der Waals surface area contributed by atoms with E-state index < -0.39 is 0 Å². The molecule has 3 rings (SSSR count). The molecule has 0 bridgehead atoms. The topological polar surface area (TPSA) is 42.7 Å². The molecule has 0 atom stereocenters. The van der Waals surface area contributed by atoms with Crippen molar-refractivity contribution < 1.29 is 0 Å². The molecule has 1 aromatic carbocycles. The van der Waals surface area contributed by atoms with Gasteiger partial charge in [0.15, 0.2) is 0 Å². The highest BCUT2D eigenvalue weighted by Gasteiger charge is 2.09. The lowest BCUT2D eigenvalue weighted by molar-refractivity contribution is 0.864. The fraction of sp³-hybridized carbons (Fsp3) is 0.111. The maximum absolute atomic E-state index is 4.08. The first-order valence-electron chi connectivity index (χ1n) is 7.10. The number of aromatic nitrogens is 3. The van der Waals surface area contributed by atoms with Crippen LogP contribution in [0.15, 0.2) is 62.4 Å². The van der Waals surface area contributed by atoms with Crippen molar-refractivity contribution in [1.82, 2.24) is 14.5 Å². The Kier molecular flexibility index (Phi) is 3.74. The zero-order chi connectivity index (χ0) is 15.5. The van der Waals surface area contributed by atoms with Gasteiger partial charge in [0.1, 0.15) is 6.33 Å². The molecule has 0 saturated heterocycles. The summed E-state index contributed by atoms with van der Waals surface area (Å²) in [5.74, 6) is 0. The SMILES string of the molecule is C=CCn1cc(C(=C)C)c2cc(Nc3cncnc3)ccc21. The third-order valence-corrected chi connectivity index (χ3v) is 3.52. The van der Waals surface area contributed by atoms with Gasteiger partial charge >= 0.3 is 0 Å². The number of nitrogens with one attached hydrogen (secondary N) is 1. The smallest absolute Gasteiger partial charge is 0.115 e. The third kappa shape index (κ3) is 2.63. The number of fused-ring (bicyclic) bond motifs is 1. The van der Waals surface area contributed by atoms with Crippen molar-refractivity contribution in [1.29, 1.82) is 0 Å². The summed E-state index contributed by atoms with van der Waals surface area (Å²) in [4.78, 5) is 8.03. The summed E-state index contributed by atoms with van der Waals surface area (Å²) in [6, 6.07) is 6.29. The van der Waals surface area contributed by atoms with Crippen LogP contribution in [0.3, 0.4) is 0 Å². The molecule has 4 nitrogen and oxygen atoms in total. The number of anilines is 2. The summed E-state index contributed by atoms with van der Waals surface area (Å²) < 4.78 is 2.18. The third-order valence-electron chi connectivity index (χ3n) is 3.52. The number of benzene rings is 1. The Morgan fingerprint density at radius 2 is 2.05 bits per heavy atom. The summed E-state index contributed by atoms with van der Waals surface area (Å²) in [7, 11) is 0. The second-order valence-corrected chi connectivity index (χ2v) is 5.25. The molecule has 2 aromatic heterocycles. The molecule has 0 unspecified atom stereocenters. The van der Waals surface area contributed by atoms with Crippen LogP contribution in [0.1, 0.15) is 12.5 Å². The van der Waals surface area contributed by atoms with Crippen molar-refractivity contribution in [3.05, 3.63) is 67.9 Å². The van der Waals surface area contributed by atoms with Crippen LogP contribution in [0.4, 0.5) is 11.4 Å². The second kappa shape index (κ2) is 5.85. The molecule has 110 valence electrons. The molecular weight excluding hydrogens is 272 g/mol. The summed E-state index contributed by atoms with van der Waals surface area (Å²) in [5, 5.41) is 4.50. The minimum atomic E-state index is 0.781. The summed E-state index contributed by atoms with van der Waals surface area (Å²) >= 11 is 0. The number of hydrogen-bond acceptors (Lipinski definition) is 3. The van der Waals surface area contributed by atoms with E-state index in [1.165, 1.54) is 17.2 Å². The van der Waals surface area contributed by atoms with Crippen LogP contribution in [0.5, 0.6) is 0 Å². The Hall–Kier alpha value is -2.88. The lowest BCUT2D eigenvalue weighted by atomic mass is 10.1. The van der Waals surface area contributed by atoms with Crippen molar-refractivity contribution in [2.24, 2.45) is 0 Å². The van der Waals surface area contributed by atoms with Gasteiger partial charge in [-0.15, -0.1) is 6.58 Å². The molecule has 0 amide bonds. The molecule has 2 heterocycles. The average Bonchev–Trinajstić information content (AvgIpc) is 2.87. The number of nitrogens with zero attached hydrogens (tertiary/aromatic N) is 3. The van der Waals surface area contributed by atoms with Crippen molar-refractivity contribution >= 4 is 27.9 Å². The normalized spacial score (nSPS) is 10.6. The number of hydrogen-bond donors (Lipinski definition) is 1. The second-order valence-electron chi connectivity index (χ2n) is 5.25. The van der Waals surface area contributed by atoms with Gasteiger partial charge < -0.3 is 9.88 Å². The molecular formula is C18H18N4. The van der Waals surface area contributed by atoms with E-state index >= 15 is 0 Å². The predicted molar refractivity (Wildman–Crippen MR) is 92.2 cm³/mol. The predicted octanol–water partition coefficient (Wildman–Crippen LogP) is 4.39. The van der Waals surface area contributed by atoms with Gasteiger partial charge in [0.25, 0.3) is 0 Å². The molecule has 0 aliphatic heterocycles. The van der Waals surface area contributed by atoms with Crippen molar-refractivity contribution in [3.63, 3.8) is 0 Å². The van der Waals surface area contributed by atoms with Crippen molar-refractivity contribution in [2.45, 2.75) is 13.5 Å². The first-order valence-corrected chi connectivity index (χ1v) is 7.10. The quantitative estimate of drug-likeness (QED) is 0.708. The Morgan fingerprint density at radius 1 is 1.27 bits per heavy atom. The lowest BCUT2D eigenvalue weighted by Gasteiger charge is -2.07. The van der Waals surface area contributed by atoms with Gasteiger partial charge in [0.2, 0.25) is 0 Å². The van der Waals surface area contributed by atoms with E-state index in [0.717, 1.165) is 29.1 Å². The van der Waals surface area contributed by atoms with Crippen molar-refractivity contribution in [2.75, 3.05) is 5.32 Å². The summed E-state index contributed by atoms with van der Waals surface area (Å²) in [6.07, 6.45) is 9.04. The molecule has 0 aliphatic carbocycles. The fourth-order valence-corrected chi connectivity index (χ4v) is 2.54. The Bertz CT molecular complexity index is 831. The van der Waals surface area contributed by atoms with Crippen LogP contribution >= 0.6 is 0 Å². The molecule has 3 aromatic rings. The van der Waals surface area contributed by atoms with Gasteiger partial charge in [-0.2, -0.15) is 0 Å². The van der Waals surface area contributed by atoms with E-state index in [4.69, 9.17) is 0 Å². The lowest BCUT2D eigenvalue weighted by Crippen LogP contribution is -1.93. The standard InChI is InChI=1S/C18H18N4/c1-4-7-22-11-17(13(2)3)16-8-14(5-6-18(16)22)21-15-9-19-12-20-10-15/h4-6,8-12,21H,1-2,7H2,3H3. The average molecular weight is 290 g/mol. The first-order chi connectivity index (χ1) is 10.7. The highest BCUT2D eigenvalue weighted by Crippen LogP contribution is 2.30. The molecule has 0 radical (unpaired) electrons. The van der Waals surface area contributed by atoms with Crippen molar-refractivity contribution in [3.8, 4) is 0 Å². The zero-order valence-corrected chi connectivity index (χ0v) is 12.6. The maximum Gasteiger partial charge on any atom is 0.115 e. The molecule has 0 spiro atoms. The van der Waals surface area contributed by atoms with Gasteiger partial charge in [0.05, 0.1) is 18.1 Å². The van der Waals surface area contributed by atoms with Gasteiger partial charge in [-0.25, -0.2) is 9.97 Å². The highest BCUT2D eigenvalue weighted by molar-refractivity contribution is 5.94. The molecule has 1 N–H and O–H groups in total. The van der Waals surface area contributed by atoms with Crippen LogP contribution in [0.25, 0.3) is 16.5 Å². The molecule has 0 aliphatic rings. The van der Waals surface area contributed by atoms with E-state index in [1.54, 1.807) is 12.4 Å². The van der Waals surface area contributed by atoms with Crippen LogP contribution in [0.2, 0.25) is 0 Å². The largest absolute Gasteiger partial charge is 0.353 e. The Morgan fingerprint density at radius 3 is 2.73 bits per heavy atom. The van der Waals surface area contributed by atoms with Crippen LogP contribution < -0.4 is 5.32 Å². The molecule has 22 heavy (non-hydrogen) atoms. The van der Waals surface area contributed by atoms with E-state index in [2.05, 4.69) is 57.4 Å². The minimum Gasteiger partial charge on any atom is -0.353 e. The number of allylic oxidation sites excluding steroid dienone is 2. The highest BCUT2D eigenvalue weighted by atomic mass is 15.0. The monoisotopic (exact) mass is 290 g/mol. The van der Waals surface area contributed by atoms with Crippen LogP contribution in [-0.2, 0) is 6.54 Å². The van der Waals surface area contributed by atoms with E-state index in [-0.39, 0.29) is 0 Å². The fourth-order valence-electron chi connectivity index (χ4n) is 2.54. The minimum absolute atomic E-state index is 0.781.